The lowest BCUT2D eigenvalue weighted by Gasteiger charge is -2.51. The summed E-state index contributed by atoms with van der Waals surface area (Å²) < 4.78 is 35.9. The number of aryl methyl sites for hydroxylation is 1. The second kappa shape index (κ2) is 9.72. The van der Waals surface area contributed by atoms with E-state index in [1.165, 1.54) is 0 Å². The molecule has 4 heterocycles. The van der Waals surface area contributed by atoms with Crippen molar-refractivity contribution in [3.63, 3.8) is 0 Å². The number of ether oxygens (including phenoxy) is 1. The Labute approximate surface area is 208 Å². The maximum atomic E-state index is 13.6. The predicted molar refractivity (Wildman–Crippen MR) is 139 cm³/mol. The number of pyridine rings is 1. The van der Waals surface area contributed by atoms with Crippen LogP contribution in [-0.2, 0) is 10.0 Å². The summed E-state index contributed by atoms with van der Waals surface area (Å²) in [5.74, 6) is 1.80. The van der Waals surface area contributed by atoms with Crippen LogP contribution in [-0.4, -0.2) is 44.5 Å². The van der Waals surface area contributed by atoms with Gasteiger partial charge in [0.05, 0.1) is 23.6 Å². The molecule has 5 atom stereocenters. The van der Waals surface area contributed by atoms with Gasteiger partial charge in [-0.2, -0.15) is 0 Å². The Hall–Kier alpha value is -2.74. The first-order valence-electron chi connectivity index (χ1n) is 12.3. The van der Waals surface area contributed by atoms with Crippen LogP contribution in [0.4, 0.5) is 0 Å². The molecule has 0 aliphatic carbocycles. The van der Waals surface area contributed by atoms with Crippen molar-refractivity contribution in [3.05, 3.63) is 78.0 Å². The van der Waals surface area contributed by atoms with Gasteiger partial charge in [0.25, 0.3) is 0 Å². The SMILES string of the molecule is C/C=C/C1CN2CCC1CC2[C@@H](NS(=O)(=O)c1ccc(C)cc1)c1ccnc2ccc(OC)cc12. The average molecular weight is 492 g/mol. The molecule has 3 fully saturated rings. The Bertz CT molecular complexity index is 1340. The van der Waals surface area contributed by atoms with Crippen molar-refractivity contribution < 1.29 is 13.2 Å². The molecule has 6 rings (SSSR count). The van der Waals surface area contributed by atoms with Crippen LogP contribution in [0, 0.1) is 18.8 Å². The Morgan fingerprint density at radius 2 is 1.97 bits per heavy atom. The molecule has 0 amide bonds. The minimum atomic E-state index is -3.74. The number of aromatic nitrogens is 1. The number of hydrogen-bond acceptors (Lipinski definition) is 5. The first-order chi connectivity index (χ1) is 16.9. The molecule has 35 heavy (non-hydrogen) atoms. The van der Waals surface area contributed by atoms with Crippen molar-refractivity contribution in [2.75, 3.05) is 20.2 Å². The van der Waals surface area contributed by atoms with E-state index in [0.717, 1.165) is 53.7 Å². The van der Waals surface area contributed by atoms with E-state index in [2.05, 4.69) is 33.7 Å². The molecule has 0 spiro atoms. The highest BCUT2D eigenvalue weighted by Crippen LogP contribution is 2.43. The van der Waals surface area contributed by atoms with Crippen molar-refractivity contribution >= 4 is 20.9 Å². The van der Waals surface area contributed by atoms with Gasteiger partial charge in [-0.25, -0.2) is 13.1 Å². The van der Waals surface area contributed by atoms with E-state index >= 15 is 0 Å². The van der Waals surface area contributed by atoms with E-state index < -0.39 is 16.1 Å². The molecule has 2 bridgehead atoms. The van der Waals surface area contributed by atoms with Crippen LogP contribution in [0.15, 0.2) is 71.8 Å². The highest BCUT2D eigenvalue weighted by atomic mass is 32.2. The van der Waals surface area contributed by atoms with Crippen molar-refractivity contribution in [1.82, 2.24) is 14.6 Å². The van der Waals surface area contributed by atoms with E-state index in [1.807, 2.05) is 43.3 Å². The third-order valence-electron chi connectivity index (χ3n) is 7.61. The fourth-order valence-corrected chi connectivity index (χ4v) is 7.02. The quantitative estimate of drug-likeness (QED) is 0.478. The normalized spacial score (nSPS) is 25.2. The Morgan fingerprint density at radius 3 is 2.66 bits per heavy atom. The molecule has 184 valence electrons. The third-order valence-corrected chi connectivity index (χ3v) is 9.06. The lowest BCUT2D eigenvalue weighted by molar-refractivity contribution is 0.00475. The third kappa shape index (κ3) is 4.73. The molecule has 3 aliphatic heterocycles. The number of fused-ring (bicyclic) bond motifs is 4. The van der Waals surface area contributed by atoms with Gasteiger partial charge < -0.3 is 4.74 Å². The number of benzene rings is 2. The van der Waals surface area contributed by atoms with Gasteiger partial charge >= 0.3 is 0 Å². The molecule has 1 aromatic heterocycles. The Kier molecular flexibility index (Phi) is 6.66. The second-order valence-corrected chi connectivity index (χ2v) is 11.4. The maximum absolute atomic E-state index is 13.6. The summed E-state index contributed by atoms with van der Waals surface area (Å²) in [4.78, 5) is 7.29. The summed E-state index contributed by atoms with van der Waals surface area (Å²) in [6, 6.07) is 14.4. The number of allylic oxidation sites excluding steroid dienone is 1. The number of methoxy groups -OCH3 is 1. The van der Waals surface area contributed by atoms with E-state index in [9.17, 15) is 8.42 Å². The van der Waals surface area contributed by atoms with Crippen LogP contribution in [0.1, 0.15) is 36.9 Å². The smallest absolute Gasteiger partial charge is 0.241 e. The molecule has 3 aromatic rings. The average Bonchev–Trinajstić information content (AvgIpc) is 2.87. The topological polar surface area (TPSA) is 71.5 Å². The fourth-order valence-electron chi connectivity index (χ4n) is 5.77. The molecule has 0 radical (unpaired) electrons. The minimum absolute atomic E-state index is 0.0623. The second-order valence-electron chi connectivity index (χ2n) is 9.73. The Morgan fingerprint density at radius 1 is 1.17 bits per heavy atom. The molecule has 3 saturated heterocycles. The zero-order valence-electron chi connectivity index (χ0n) is 20.5. The van der Waals surface area contributed by atoms with Gasteiger partial charge in [-0.3, -0.25) is 9.88 Å². The summed E-state index contributed by atoms with van der Waals surface area (Å²) in [7, 11) is -2.10. The maximum Gasteiger partial charge on any atom is 0.241 e. The number of nitrogens with one attached hydrogen (secondary N) is 1. The standard InChI is InChI=1S/C28H33N3O3S/c1-4-5-21-18-31-15-13-20(21)16-27(31)28(30-35(32,33)23-9-6-19(2)7-10-23)24-12-14-29-26-11-8-22(34-3)17-25(24)26/h4-12,14,17,20-21,27-28,30H,13,15-16,18H2,1-3H3/b5-4+/t20?,21?,27?,28-/m0/s1. The van der Waals surface area contributed by atoms with Crippen LogP contribution in [0.25, 0.3) is 10.9 Å². The van der Waals surface area contributed by atoms with Crippen molar-refractivity contribution in [2.24, 2.45) is 11.8 Å². The van der Waals surface area contributed by atoms with Gasteiger partial charge in [-0.15, -0.1) is 0 Å². The molecule has 2 aromatic carbocycles. The fraction of sp³-hybridized carbons (Fsp3) is 0.393. The van der Waals surface area contributed by atoms with Crippen molar-refractivity contribution in [1.29, 1.82) is 0 Å². The summed E-state index contributed by atoms with van der Waals surface area (Å²) >= 11 is 0. The predicted octanol–water partition coefficient (Wildman–Crippen LogP) is 4.86. The summed E-state index contributed by atoms with van der Waals surface area (Å²) in [5.41, 5.74) is 2.79. The number of hydrogen-bond donors (Lipinski definition) is 1. The van der Waals surface area contributed by atoms with E-state index in [-0.39, 0.29) is 10.9 Å². The molecular weight excluding hydrogens is 458 g/mol. The van der Waals surface area contributed by atoms with Gasteiger partial charge in [0.15, 0.2) is 0 Å². The van der Waals surface area contributed by atoms with Gasteiger partial charge in [0.2, 0.25) is 10.0 Å². The van der Waals surface area contributed by atoms with E-state index in [1.54, 1.807) is 25.4 Å². The van der Waals surface area contributed by atoms with E-state index in [4.69, 9.17) is 4.74 Å². The largest absolute Gasteiger partial charge is 0.497 e. The summed E-state index contributed by atoms with van der Waals surface area (Å²) in [6.45, 7) is 5.97. The molecule has 1 N–H and O–H groups in total. The van der Waals surface area contributed by atoms with E-state index in [0.29, 0.717) is 11.8 Å². The molecule has 3 aliphatic rings. The highest BCUT2D eigenvalue weighted by Gasteiger charge is 2.44. The monoisotopic (exact) mass is 491 g/mol. The zero-order chi connectivity index (χ0) is 24.6. The molecule has 4 unspecified atom stereocenters. The van der Waals surface area contributed by atoms with Crippen LogP contribution < -0.4 is 9.46 Å². The first-order valence-corrected chi connectivity index (χ1v) is 13.8. The van der Waals surface area contributed by atoms with Gasteiger partial charge in [-0.05, 0) is 87.0 Å². The molecule has 0 saturated carbocycles. The number of piperidine rings is 3. The van der Waals surface area contributed by atoms with Crippen LogP contribution in [0.2, 0.25) is 0 Å². The number of sulfonamides is 1. The van der Waals surface area contributed by atoms with Crippen LogP contribution in [0.3, 0.4) is 0 Å². The van der Waals surface area contributed by atoms with Gasteiger partial charge in [0, 0.05) is 24.2 Å². The van der Waals surface area contributed by atoms with Crippen molar-refractivity contribution in [3.8, 4) is 5.75 Å². The van der Waals surface area contributed by atoms with Crippen LogP contribution in [0.5, 0.6) is 5.75 Å². The number of nitrogens with zero attached hydrogens (tertiary/aromatic N) is 2. The lowest BCUT2D eigenvalue weighted by Crippen LogP contribution is -2.57. The lowest BCUT2D eigenvalue weighted by atomic mass is 9.73. The molecule has 7 heteroatoms. The number of rotatable bonds is 7. The first kappa shape index (κ1) is 24.0. The van der Waals surface area contributed by atoms with Gasteiger partial charge in [0.1, 0.15) is 5.75 Å². The van der Waals surface area contributed by atoms with Gasteiger partial charge in [-0.1, -0.05) is 29.8 Å². The summed E-state index contributed by atoms with van der Waals surface area (Å²) in [6.07, 6.45) is 8.32. The Balaban J connectivity index is 1.59. The highest BCUT2D eigenvalue weighted by molar-refractivity contribution is 7.89. The summed E-state index contributed by atoms with van der Waals surface area (Å²) in [5, 5.41) is 0.913. The molecule has 6 nitrogen and oxygen atoms in total. The molecular formula is C28H33N3O3S. The minimum Gasteiger partial charge on any atom is -0.497 e. The van der Waals surface area contributed by atoms with Crippen LogP contribution >= 0.6 is 0 Å². The zero-order valence-corrected chi connectivity index (χ0v) is 21.3. The van der Waals surface area contributed by atoms with Crippen molar-refractivity contribution in [2.45, 2.75) is 43.7 Å².